The van der Waals surface area contributed by atoms with E-state index < -0.39 is 97.5 Å². The van der Waals surface area contributed by atoms with Crippen LogP contribution in [-0.4, -0.2) is 96.7 Å². The monoisotopic (exact) mass is 1140 g/mol. The Morgan fingerprint density at radius 1 is 0.377 bits per heavy atom. The second-order valence-corrected chi connectivity index (χ2v) is 24.7. The molecule has 0 fully saturated rings. The molecule has 0 bridgehead atoms. The Morgan fingerprint density at radius 3 is 0.987 bits per heavy atom. The van der Waals surface area contributed by atoms with Crippen LogP contribution in [-0.2, 0) is 65.4 Å². The van der Waals surface area contributed by atoms with Crippen LogP contribution in [0.4, 0.5) is 0 Å². The molecule has 3 N–H and O–H groups in total. The summed E-state index contributed by atoms with van der Waals surface area (Å²) >= 11 is 0. The molecule has 6 atom stereocenters. The number of carbonyl (C=O) groups is 4. The second-order valence-electron chi connectivity index (χ2n) is 21.7. The Hall–Kier alpha value is -1.94. The molecule has 0 rings (SSSR count). The number of phosphoric acid groups is 2. The Morgan fingerprint density at radius 2 is 0.662 bits per heavy atom. The smallest absolute Gasteiger partial charge is 0.462 e. The van der Waals surface area contributed by atoms with Crippen molar-refractivity contribution < 1.29 is 80.2 Å². The van der Waals surface area contributed by atoms with E-state index in [4.69, 9.17) is 37.0 Å². The minimum absolute atomic E-state index is 0.0984. The molecule has 0 saturated carbocycles. The number of aliphatic hydroxyl groups is 1. The lowest BCUT2D eigenvalue weighted by Gasteiger charge is -2.21. The zero-order valence-corrected chi connectivity index (χ0v) is 51.0. The maximum absolute atomic E-state index is 12.9. The van der Waals surface area contributed by atoms with E-state index in [9.17, 15) is 43.2 Å². The van der Waals surface area contributed by atoms with E-state index in [0.29, 0.717) is 25.7 Å². The van der Waals surface area contributed by atoms with Crippen LogP contribution in [0.15, 0.2) is 0 Å². The molecule has 0 aromatic heterocycles. The van der Waals surface area contributed by atoms with Crippen molar-refractivity contribution in [3.05, 3.63) is 0 Å². The summed E-state index contributed by atoms with van der Waals surface area (Å²) in [6.07, 6.45) is 31.4. The number of aliphatic hydroxyl groups excluding tert-OH is 1. The van der Waals surface area contributed by atoms with Gasteiger partial charge in [0.2, 0.25) is 0 Å². The van der Waals surface area contributed by atoms with Gasteiger partial charge in [0, 0.05) is 25.7 Å². The predicted molar refractivity (Wildman–Crippen MR) is 303 cm³/mol. The first-order valence-corrected chi connectivity index (χ1v) is 33.5. The number of unbranched alkanes of at least 4 members (excludes halogenated alkanes) is 26. The predicted octanol–water partition coefficient (Wildman–Crippen LogP) is 15.3. The summed E-state index contributed by atoms with van der Waals surface area (Å²) in [5, 5.41) is 10.5. The molecule has 0 aliphatic heterocycles. The molecule has 0 aliphatic carbocycles. The minimum atomic E-state index is -4.94. The van der Waals surface area contributed by atoms with E-state index in [1.807, 2.05) is 0 Å². The van der Waals surface area contributed by atoms with Crippen molar-refractivity contribution in [1.29, 1.82) is 0 Å². The van der Waals surface area contributed by atoms with Crippen LogP contribution < -0.4 is 0 Å². The van der Waals surface area contributed by atoms with Crippen LogP contribution in [0.25, 0.3) is 0 Å². The lowest BCUT2D eigenvalue weighted by atomic mass is 9.99. The van der Waals surface area contributed by atoms with E-state index in [2.05, 4.69) is 41.5 Å². The maximum atomic E-state index is 12.9. The lowest BCUT2D eigenvalue weighted by molar-refractivity contribution is -0.161. The fraction of sp³-hybridized carbons (Fsp3) is 0.931. The molecule has 0 aromatic rings. The number of phosphoric ester groups is 2. The Labute approximate surface area is 467 Å². The molecule has 0 radical (unpaired) electrons. The van der Waals surface area contributed by atoms with Gasteiger partial charge in [0.1, 0.15) is 19.3 Å². The standard InChI is InChI=1S/C58H112O17P2/c1-7-10-12-26-34-40-55(60)68-46-53(74-57(62)42-36-27-13-11-8-2)48-72-76(64,65)70-44-52(59)45-71-77(66,67)73-49-54(47-69-56(61)41-35-30-24-21-20-23-29-33-39-51(6)9-3)75-58(63)43-37-31-25-19-17-15-14-16-18-22-28-32-38-50(4)5/h50-54,59H,7-49H2,1-6H3,(H,64,65)(H,66,67)/t51?,52-,53+,54+/m0/s1. The normalized spacial score (nSPS) is 14.8. The van der Waals surface area contributed by atoms with Gasteiger partial charge >= 0.3 is 39.5 Å². The number of carbonyl (C=O) groups excluding carboxylic acids is 4. The van der Waals surface area contributed by atoms with Gasteiger partial charge in [0.15, 0.2) is 12.2 Å². The Kier molecular flexibility index (Phi) is 49.7. The Bertz CT molecular complexity index is 1530. The van der Waals surface area contributed by atoms with Crippen LogP contribution in [0.5, 0.6) is 0 Å². The number of hydrogen-bond donors (Lipinski definition) is 3. The van der Waals surface area contributed by atoms with Crippen molar-refractivity contribution >= 4 is 39.5 Å². The van der Waals surface area contributed by atoms with Gasteiger partial charge in [-0.3, -0.25) is 37.3 Å². The summed E-state index contributed by atoms with van der Waals surface area (Å²) in [5.74, 6) is -0.610. The average Bonchev–Trinajstić information content (AvgIpc) is 3.39. The van der Waals surface area contributed by atoms with Crippen molar-refractivity contribution in [1.82, 2.24) is 0 Å². The summed E-state index contributed by atoms with van der Waals surface area (Å²) in [6.45, 7) is 9.27. The summed E-state index contributed by atoms with van der Waals surface area (Å²) in [6, 6.07) is 0. The van der Waals surface area contributed by atoms with Crippen molar-refractivity contribution in [2.45, 2.75) is 297 Å². The summed E-state index contributed by atoms with van der Waals surface area (Å²) < 4.78 is 67.3. The SMILES string of the molecule is CCCCCCCC(=O)OC[C@H](COP(=O)(O)OC[C@H](O)COP(=O)(O)OC[C@@H](COC(=O)CCCCCCCCCCC(C)CC)OC(=O)CCCCCCCCCCCCCCC(C)C)OC(=O)CCCCCCC. The molecular weight excluding hydrogens is 1030 g/mol. The first-order chi connectivity index (χ1) is 36.9. The number of rotatable bonds is 57. The highest BCUT2D eigenvalue weighted by Gasteiger charge is 2.30. The van der Waals surface area contributed by atoms with E-state index in [-0.39, 0.29) is 25.7 Å². The molecule has 456 valence electrons. The third-order valence-electron chi connectivity index (χ3n) is 13.6. The van der Waals surface area contributed by atoms with Crippen molar-refractivity contribution in [2.75, 3.05) is 39.6 Å². The molecule has 0 spiro atoms. The maximum Gasteiger partial charge on any atom is 0.472 e. The van der Waals surface area contributed by atoms with E-state index in [1.54, 1.807) is 0 Å². The molecule has 0 amide bonds. The van der Waals surface area contributed by atoms with Crippen LogP contribution in [0.2, 0.25) is 0 Å². The first-order valence-electron chi connectivity index (χ1n) is 30.5. The molecular formula is C58H112O17P2. The van der Waals surface area contributed by atoms with Crippen molar-refractivity contribution in [3.63, 3.8) is 0 Å². The third kappa shape index (κ3) is 51.9. The van der Waals surface area contributed by atoms with Gasteiger partial charge < -0.3 is 33.8 Å². The van der Waals surface area contributed by atoms with Gasteiger partial charge in [-0.1, -0.05) is 228 Å². The quantitative estimate of drug-likeness (QED) is 0.0222. The molecule has 17 nitrogen and oxygen atoms in total. The fourth-order valence-corrected chi connectivity index (χ4v) is 10.0. The first kappa shape index (κ1) is 75.1. The molecule has 0 aliphatic rings. The second kappa shape index (κ2) is 51.0. The summed E-state index contributed by atoms with van der Waals surface area (Å²) in [7, 11) is -9.86. The molecule has 77 heavy (non-hydrogen) atoms. The number of esters is 4. The number of hydrogen-bond acceptors (Lipinski definition) is 15. The van der Waals surface area contributed by atoms with Crippen LogP contribution in [0.3, 0.4) is 0 Å². The van der Waals surface area contributed by atoms with Crippen molar-refractivity contribution in [2.24, 2.45) is 11.8 Å². The van der Waals surface area contributed by atoms with Gasteiger partial charge in [0.05, 0.1) is 26.4 Å². The van der Waals surface area contributed by atoms with Gasteiger partial charge in [-0.25, -0.2) is 9.13 Å². The van der Waals surface area contributed by atoms with E-state index >= 15 is 0 Å². The summed E-state index contributed by atoms with van der Waals surface area (Å²) in [5.41, 5.74) is 0. The summed E-state index contributed by atoms with van der Waals surface area (Å²) in [4.78, 5) is 71.4. The van der Waals surface area contributed by atoms with Crippen LogP contribution in [0.1, 0.15) is 279 Å². The average molecular weight is 1140 g/mol. The highest BCUT2D eigenvalue weighted by molar-refractivity contribution is 7.47. The largest absolute Gasteiger partial charge is 0.472 e. The van der Waals surface area contributed by atoms with E-state index in [0.717, 1.165) is 108 Å². The fourth-order valence-electron chi connectivity index (χ4n) is 8.44. The Balaban J connectivity index is 5.14. The molecule has 0 heterocycles. The molecule has 0 saturated heterocycles. The minimum Gasteiger partial charge on any atom is -0.462 e. The van der Waals surface area contributed by atoms with Gasteiger partial charge in [0.25, 0.3) is 0 Å². The van der Waals surface area contributed by atoms with Crippen molar-refractivity contribution in [3.8, 4) is 0 Å². The van der Waals surface area contributed by atoms with Gasteiger partial charge in [-0.15, -0.1) is 0 Å². The number of ether oxygens (including phenoxy) is 4. The van der Waals surface area contributed by atoms with E-state index in [1.165, 1.54) is 89.9 Å². The third-order valence-corrected chi connectivity index (χ3v) is 15.5. The zero-order chi connectivity index (χ0) is 57.3. The highest BCUT2D eigenvalue weighted by Crippen LogP contribution is 2.45. The molecule has 3 unspecified atom stereocenters. The van der Waals surface area contributed by atoms with Crippen LogP contribution in [0, 0.1) is 11.8 Å². The van der Waals surface area contributed by atoms with Gasteiger partial charge in [-0.05, 0) is 37.5 Å². The van der Waals surface area contributed by atoms with Crippen LogP contribution >= 0.6 is 15.6 Å². The molecule has 0 aromatic carbocycles. The van der Waals surface area contributed by atoms with Gasteiger partial charge in [-0.2, -0.15) is 0 Å². The topological polar surface area (TPSA) is 237 Å². The molecule has 19 heteroatoms. The lowest BCUT2D eigenvalue weighted by Crippen LogP contribution is -2.30. The highest BCUT2D eigenvalue weighted by atomic mass is 31.2. The zero-order valence-electron chi connectivity index (χ0n) is 49.2.